The minimum absolute atomic E-state index is 0.0763. The smallest absolute Gasteiger partial charge is 0.315 e. The number of anilines is 1. The first kappa shape index (κ1) is 33.6. The lowest BCUT2D eigenvalue weighted by atomic mass is 10.0. The number of amides is 4. The summed E-state index contributed by atoms with van der Waals surface area (Å²) in [6.45, 7) is -0.0763. The first-order chi connectivity index (χ1) is 24.2. The van der Waals surface area contributed by atoms with E-state index in [1.165, 1.54) is 12.7 Å². The second-order valence-corrected chi connectivity index (χ2v) is 16.4. The van der Waals surface area contributed by atoms with Gasteiger partial charge in [-0.2, -0.15) is 23.5 Å². The number of carbonyl (C=O) groups excluding carboxylic acids is 4. The number of hydrogen-bond donors (Lipinski definition) is 6. The van der Waals surface area contributed by atoms with E-state index in [0.29, 0.717) is 34.5 Å². The maximum Gasteiger partial charge on any atom is 0.315 e. The van der Waals surface area contributed by atoms with Crippen LogP contribution in [0.2, 0.25) is 0 Å². The molecule has 5 saturated heterocycles. The van der Waals surface area contributed by atoms with Crippen LogP contribution in [0.15, 0.2) is 12.7 Å². The van der Waals surface area contributed by atoms with Crippen LogP contribution in [-0.2, 0) is 23.8 Å². The molecule has 3 unspecified atom stereocenters. The minimum atomic E-state index is -1.67. The van der Waals surface area contributed by atoms with Crippen molar-refractivity contribution in [3.05, 3.63) is 12.7 Å². The van der Waals surface area contributed by atoms with E-state index in [1.807, 2.05) is 23.5 Å². The standard InChI is InChI=1S/C31H41N9O8S2/c32-26-24-27(34-12-33-26)40(13-35-24)28-25(47-20(42)8-4-2-6-18-23-16(11-50-18)37-30(44)39-23)21-14(31(21,45)48-28)9-46-19(41)7-3-1-5-17-22-15(10-49-17)36-29(43)38-22/h12-18,21-23,25,28,45H,1-11H2,(H2,32,33,34)(H2,36,38,43)(H2,37,39,44)/t14-,15+,16+,17+,18+,21?,22+,23+,25?,28-,31?/m1/s1. The number of rotatable bonds is 14. The van der Waals surface area contributed by atoms with Gasteiger partial charge in [0, 0.05) is 34.8 Å². The van der Waals surface area contributed by atoms with Crippen molar-refractivity contribution in [3.8, 4) is 0 Å². The second-order valence-electron chi connectivity index (χ2n) is 13.8. The van der Waals surface area contributed by atoms with Crippen molar-refractivity contribution >= 4 is 64.5 Å². The zero-order valence-corrected chi connectivity index (χ0v) is 28.8. The van der Waals surface area contributed by atoms with Crippen molar-refractivity contribution in [1.82, 2.24) is 40.8 Å². The fraction of sp³-hybridized carbons (Fsp3) is 0.710. The summed E-state index contributed by atoms with van der Waals surface area (Å²) in [6.07, 6.45) is 5.98. The summed E-state index contributed by atoms with van der Waals surface area (Å²) >= 11 is 3.67. The Morgan fingerprint density at radius 1 is 0.940 bits per heavy atom. The van der Waals surface area contributed by atoms with Crippen LogP contribution in [-0.4, -0.2) is 113 Å². The largest absolute Gasteiger partial charge is 0.465 e. The van der Waals surface area contributed by atoms with Crippen LogP contribution in [0.5, 0.6) is 0 Å². The molecule has 1 saturated carbocycles. The number of imidazole rings is 1. The number of thioether (sulfide) groups is 2. The van der Waals surface area contributed by atoms with E-state index in [9.17, 15) is 24.3 Å². The molecule has 17 nitrogen and oxygen atoms in total. The zero-order valence-electron chi connectivity index (χ0n) is 27.2. The Morgan fingerprint density at radius 3 is 2.24 bits per heavy atom. The van der Waals surface area contributed by atoms with Gasteiger partial charge in [0.05, 0.1) is 48.9 Å². The molecule has 19 heteroatoms. The van der Waals surface area contributed by atoms with Gasteiger partial charge in [0.1, 0.15) is 11.8 Å². The van der Waals surface area contributed by atoms with Gasteiger partial charge in [-0.15, -0.1) is 0 Å². The molecule has 7 heterocycles. The van der Waals surface area contributed by atoms with Crippen LogP contribution in [0.3, 0.4) is 0 Å². The van der Waals surface area contributed by atoms with Gasteiger partial charge in [0.25, 0.3) is 0 Å². The molecule has 6 aliphatic rings. The molecule has 0 spiro atoms. The number of aromatic nitrogens is 4. The van der Waals surface area contributed by atoms with Gasteiger partial charge in [-0.05, 0) is 25.7 Å². The van der Waals surface area contributed by atoms with Crippen molar-refractivity contribution in [2.24, 2.45) is 11.8 Å². The Kier molecular flexibility index (Phi) is 9.09. The van der Waals surface area contributed by atoms with Crippen LogP contribution in [0, 0.1) is 11.8 Å². The molecule has 2 aromatic rings. The van der Waals surface area contributed by atoms with Crippen LogP contribution in [0.1, 0.15) is 57.6 Å². The molecule has 0 aromatic carbocycles. The quantitative estimate of drug-likeness (QED) is 0.0896. The van der Waals surface area contributed by atoms with Crippen LogP contribution in [0.4, 0.5) is 15.4 Å². The highest BCUT2D eigenvalue weighted by molar-refractivity contribution is 8.00. The number of ether oxygens (including phenoxy) is 3. The van der Waals surface area contributed by atoms with Crippen LogP contribution in [0.25, 0.3) is 11.2 Å². The highest BCUT2D eigenvalue weighted by Crippen LogP contribution is 2.63. The van der Waals surface area contributed by atoms with Gasteiger partial charge in [0.15, 0.2) is 29.6 Å². The molecule has 5 aliphatic heterocycles. The Bertz CT molecular complexity index is 1670. The van der Waals surface area contributed by atoms with E-state index in [-0.39, 0.29) is 67.5 Å². The molecule has 0 bridgehead atoms. The molecular formula is C31H41N9O8S2. The van der Waals surface area contributed by atoms with Crippen LogP contribution >= 0.6 is 23.5 Å². The lowest BCUT2D eigenvalue weighted by Crippen LogP contribution is -2.36. The average Bonchev–Trinajstić information content (AvgIpc) is 3.80. The third kappa shape index (κ3) is 6.30. The molecule has 6 fully saturated rings. The number of esters is 2. The van der Waals surface area contributed by atoms with Gasteiger partial charge >= 0.3 is 24.0 Å². The lowest BCUT2D eigenvalue weighted by Gasteiger charge is -2.25. The van der Waals surface area contributed by atoms with E-state index >= 15 is 0 Å². The SMILES string of the molecule is Nc1ncnc2c1ncn2[C@@H]1OC2(O)C(C1OC(=O)CCCC[C@@H]1SC[C@@H]3NC(=O)N[C@@H]31)[C@H]2COC(=O)CCCC[C@@H]1SC[C@@H]2NC(=O)N[C@@H]21. The maximum absolute atomic E-state index is 13.2. The number of nitrogen functional groups attached to an aromatic ring is 1. The number of urea groups is 2. The van der Waals surface area contributed by atoms with E-state index in [2.05, 4.69) is 36.2 Å². The lowest BCUT2D eigenvalue weighted by molar-refractivity contribution is -0.193. The number of carbonyl (C=O) groups is 4. The normalized spacial score (nSPS) is 36.3. The Morgan fingerprint density at radius 2 is 1.58 bits per heavy atom. The van der Waals surface area contributed by atoms with Crippen molar-refractivity contribution in [1.29, 1.82) is 0 Å². The summed E-state index contributed by atoms with van der Waals surface area (Å²) in [5.41, 5.74) is 6.72. The number of nitrogens with one attached hydrogen (secondary N) is 4. The van der Waals surface area contributed by atoms with Crippen molar-refractivity contribution in [2.75, 3.05) is 23.8 Å². The Labute approximate surface area is 295 Å². The van der Waals surface area contributed by atoms with Crippen LogP contribution < -0.4 is 27.0 Å². The van der Waals surface area contributed by atoms with E-state index < -0.39 is 35.9 Å². The van der Waals surface area contributed by atoms with Crippen molar-refractivity contribution in [2.45, 2.75) is 104 Å². The first-order valence-corrected chi connectivity index (χ1v) is 19.3. The van der Waals surface area contributed by atoms with Crippen molar-refractivity contribution in [3.63, 3.8) is 0 Å². The summed E-state index contributed by atoms with van der Waals surface area (Å²) in [5, 5.41) is 24.0. The van der Waals surface area contributed by atoms with Gasteiger partial charge in [0.2, 0.25) is 0 Å². The molecule has 8 rings (SSSR count). The Hall–Kier alpha value is -3.55. The molecule has 7 N–H and O–H groups in total. The summed E-state index contributed by atoms with van der Waals surface area (Å²) in [5.74, 6) is -1.74. The van der Waals surface area contributed by atoms with E-state index in [0.717, 1.165) is 37.2 Å². The fourth-order valence-electron chi connectivity index (χ4n) is 8.12. The van der Waals surface area contributed by atoms with Crippen molar-refractivity contribution < 1.29 is 38.5 Å². The topological polar surface area (TPSA) is 234 Å². The van der Waals surface area contributed by atoms with Gasteiger partial charge in [-0.25, -0.2) is 24.5 Å². The monoisotopic (exact) mass is 731 g/mol. The van der Waals surface area contributed by atoms with E-state index in [1.54, 1.807) is 4.57 Å². The second kappa shape index (κ2) is 13.5. The molecule has 1 aliphatic carbocycles. The highest BCUT2D eigenvalue weighted by Gasteiger charge is 2.77. The number of unbranched alkanes of at least 4 members (excludes halogenated alkanes) is 2. The predicted octanol–water partition coefficient (Wildman–Crippen LogP) is 0.779. The maximum atomic E-state index is 13.2. The highest BCUT2D eigenvalue weighted by atomic mass is 32.2. The number of nitrogens with zero attached hydrogens (tertiary/aromatic N) is 4. The summed E-state index contributed by atoms with van der Waals surface area (Å²) in [7, 11) is 0. The van der Waals surface area contributed by atoms with Gasteiger partial charge < -0.3 is 46.3 Å². The minimum Gasteiger partial charge on any atom is -0.465 e. The number of aliphatic hydroxyl groups is 1. The molecule has 0 radical (unpaired) electrons. The number of hydrogen-bond acceptors (Lipinski definition) is 14. The average molecular weight is 732 g/mol. The summed E-state index contributed by atoms with van der Waals surface area (Å²) in [6, 6.07) is 0.316. The third-order valence-electron chi connectivity index (χ3n) is 10.7. The molecule has 11 atom stereocenters. The molecule has 2 aromatic heterocycles. The molecule has 4 amide bonds. The van der Waals surface area contributed by atoms with E-state index in [4.69, 9.17) is 19.9 Å². The number of nitrogens with two attached hydrogens (primary N) is 1. The summed E-state index contributed by atoms with van der Waals surface area (Å²) in [4.78, 5) is 61.8. The molecule has 50 heavy (non-hydrogen) atoms. The summed E-state index contributed by atoms with van der Waals surface area (Å²) < 4.78 is 19.3. The number of fused-ring (bicyclic) bond motifs is 4. The fourth-order valence-corrected chi connectivity index (χ4v) is 11.2. The predicted molar refractivity (Wildman–Crippen MR) is 181 cm³/mol. The van der Waals surface area contributed by atoms with Gasteiger partial charge in [-0.1, -0.05) is 12.8 Å². The third-order valence-corrected chi connectivity index (χ3v) is 13.8. The first-order valence-electron chi connectivity index (χ1n) is 17.2. The Balaban J connectivity index is 0.843. The van der Waals surface area contributed by atoms with Gasteiger partial charge in [-0.3, -0.25) is 14.2 Å². The molecular weight excluding hydrogens is 691 g/mol. The zero-order chi connectivity index (χ0) is 34.6. The molecule has 270 valence electrons.